The number of hydrogen-bond acceptors (Lipinski definition) is 4. The molecule has 0 radical (unpaired) electrons. The van der Waals surface area contributed by atoms with Gasteiger partial charge >= 0.3 is 0 Å². The van der Waals surface area contributed by atoms with Crippen LogP contribution in [0.2, 0.25) is 0 Å². The molecule has 5 nitrogen and oxygen atoms in total. The lowest BCUT2D eigenvalue weighted by atomic mass is 9.97. The topological polar surface area (TPSA) is 63.7 Å². The maximum atomic E-state index is 12.4. The highest BCUT2D eigenvalue weighted by Gasteiger charge is 2.23. The third-order valence-corrected chi connectivity index (χ3v) is 6.32. The number of carbonyl (C=O) groups excluding carboxylic acids is 1. The van der Waals surface area contributed by atoms with Crippen LogP contribution in [0.25, 0.3) is 0 Å². The Morgan fingerprint density at radius 3 is 2.48 bits per heavy atom. The number of hydrogen-bond donors (Lipinski definition) is 0. The van der Waals surface area contributed by atoms with Gasteiger partial charge in [-0.3, -0.25) is 4.79 Å². The fraction of sp³-hybridized carbons (Fsp3) is 0.526. The van der Waals surface area contributed by atoms with Gasteiger partial charge in [-0.2, -0.15) is 0 Å². The Morgan fingerprint density at radius 1 is 1.28 bits per heavy atom. The van der Waals surface area contributed by atoms with Crippen LogP contribution in [0.1, 0.15) is 25.3 Å². The second-order valence-corrected chi connectivity index (χ2v) is 8.65. The molecule has 1 amide bonds. The van der Waals surface area contributed by atoms with Gasteiger partial charge < -0.3 is 9.64 Å². The van der Waals surface area contributed by atoms with Gasteiger partial charge in [0.25, 0.3) is 0 Å². The minimum atomic E-state index is -3.19. The Hall–Kier alpha value is -1.66. The summed E-state index contributed by atoms with van der Waals surface area (Å²) in [6.07, 6.45) is 3.97. The minimum absolute atomic E-state index is 0.0801. The summed E-state index contributed by atoms with van der Waals surface area (Å²) in [5.41, 5.74) is 0.844. The molecular weight excluding hydrogens is 338 g/mol. The van der Waals surface area contributed by atoms with Crippen molar-refractivity contribution in [3.05, 3.63) is 42.5 Å². The SMILES string of the molecule is C=CCOCC1CCN(C(=O)Cc2ccc(S(=O)(=O)CC)cc2)CC1. The van der Waals surface area contributed by atoms with Crippen molar-refractivity contribution in [3.8, 4) is 0 Å². The number of carbonyl (C=O) groups is 1. The van der Waals surface area contributed by atoms with E-state index in [-0.39, 0.29) is 11.7 Å². The molecule has 1 aliphatic rings. The number of piperidine rings is 1. The fourth-order valence-corrected chi connectivity index (χ4v) is 3.82. The molecule has 138 valence electrons. The van der Waals surface area contributed by atoms with Gasteiger partial charge in [-0.1, -0.05) is 25.1 Å². The van der Waals surface area contributed by atoms with E-state index in [2.05, 4.69) is 6.58 Å². The van der Waals surface area contributed by atoms with Gasteiger partial charge in [-0.05, 0) is 36.5 Å². The molecule has 0 bridgehead atoms. The molecule has 0 spiro atoms. The quantitative estimate of drug-likeness (QED) is 0.524. The highest BCUT2D eigenvalue weighted by atomic mass is 32.2. The lowest BCUT2D eigenvalue weighted by Crippen LogP contribution is -2.40. The van der Waals surface area contributed by atoms with Gasteiger partial charge in [0.15, 0.2) is 9.84 Å². The van der Waals surface area contributed by atoms with Crippen LogP contribution in [0.5, 0.6) is 0 Å². The molecule has 0 N–H and O–H groups in total. The van der Waals surface area contributed by atoms with E-state index in [0.29, 0.717) is 23.8 Å². The predicted molar refractivity (Wildman–Crippen MR) is 98.2 cm³/mol. The van der Waals surface area contributed by atoms with E-state index in [1.165, 1.54) is 0 Å². The summed E-state index contributed by atoms with van der Waals surface area (Å²) < 4.78 is 29.1. The van der Waals surface area contributed by atoms with Crippen molar-refractivity contribution < 1.29 is 17.9 Å². The fourth-order valence-electron chi connectivity index (χ4n) is 2.93. The zero-order chi connectivity index (χ0) is 18.3. The van der Waals surface area contributed by atoms with E-state index < -0.39 is 9.84 Å². The van der Waals surface area contributed by atoms with Gasteiger partial charge in [0.2, 0.25) is 5.91 Å². The maximum Gasteiger partial charge on any atom is 0.226 e. The number of sulfone groups is 1. The lowest BCUT2D eigenvalue weighted by molar-refractivity contribution is -0.132. The number of nitrogens with zero attached hydrogens (tertiary/aromatic N) is 1. The smallest absolute Gasteiger partial charge is 0.226 e. The average molecular weight is 365 g/mol. The van der Waals surface area contributed by atoms with Crippen LogP contribution in [0.4, 0.5) is 0 Å². The molecule has 0 atom stereocenters. The van der Waals surface area contributed by atoms with Gasteiger partial charge in [0, 0.05) is 19.7 Å². The first-order chi connectivity index (χ1) is 12.0. The van der Waals surface area contributed by atoms with Crippen LogP contribution in [-0.2, 0) is 25.8 Å². The van der Waals surface area contributed by atoms with Crippen molar-refractivity contribution in [2.75, 3.05) is 32.1 Å². The maximum absolute atomic E-state index is 12.4. The molecule has 1 aliphatic heterocycles. The summed E-state index contributed by atoms with van der Waals surface area (Å²) in [6, 6.07) is 6.64. The predicted octanol–water partition coefficient (Wildman–Crippen LogP) is 2.46. The van der Waals surface area contributed by atoms with Crippen molar-refractivity contribution in [2.24, 2.45) is 5.92 Å². The zero-order valence-electron chi connectivity index (χ0n) is 14.8. The number of ether oxygens (including phenoxy) is 1. The third-order valence-electron chi connectivity index (χ3n) is 4.57. The van der Waals surface area contributed by atoms with Crippen LogP contribution in [0.3, 0.4) is 0 Å². The average Bonchev–Trinajstić information content (AvgIpc) is 2.63. The molecule has 1 saturated heterocycles. The largest absolute Gasteiger partial charge is 0.377 e. The van der Waals surface area contributed by atoms with Gasteiger partial charge in [0.05, 0.1) is 23.7 Å². The second-order valence-electron chi connectivity index (χ2n) is 6.37. The van der Waals surface area contributed by atoms with Gasteiger partial charge in [-0.25, -0.2) is 8.42 Å². The Morgan fingerprint density at radius 2 is 1.92 bits per heavy atom. The molecule has 0 aliphatic carbocycles. The van der Waals surface area contributed by atoms with E-state index in [4.69, 9.17) is 4.74 Å². The molecule has 0 unspecified atom stereocenters. The number of amides is 1. The first-order valence-electron chi connectivity index (χ1n) is 8.74. The van der Waals surface area contributed by atoms with E-state index in [1.54, 1.807) is 37.3 Å². The van der Waals surface area contributed by atoms with Gasteiger partial charge in [0.1, 0.15) is 0 Å². The molecule has 6 heteroatoms. The molecule has 1 aromatic rings. The molecule has 25 heavy (non-hydrogen) atoms. The van der Waals surface area contributed by atoms with Crippen LogP contribution >= 0.6 is 0 Å². The highest BCUT2D eigenvalue weighted by molar-refractivity contribution is 7.91. The summed E-state index contributed by atoms with van der Waals surface area (Å²) in [7, 11) is -3.19. The van der Waals surface area contributed by atoms with Crippen molar-refractivity contribution >= 4 is 15.7 Å². The monoisotopic (exact) mass is 365 g/mol. The van der Waals surface area contributed by atoms with Crippen molar-refractivity contribution in [1.82, 2.24) is 4.90 Å². The highest BCUT2D eigenvalue weighted by Crippen LogP contribution is 2.19. The summed E-state index contributed by atoms with van der Waals surface area (Å²) in [5.74, 6) is 0.676. The number of rotatable bonds is 8. The van der Waals surface area contributed by atoms with E-state index in [9.17, 15) is 13.2 Å². The van der Waals surface area contributed by atoms with Crippen molar-refractivity contribution in [3.63, 3.8) is 0 Å². The Labute approximate surface area is 150 Å². The van der Waals surface area contributed by atoms with Crippen LogP contribution in [0, 0.1) is 5.92 Å². The van der Waals surface area contributed by atoms with Crippen LogP contribution in [0.15, 0.2) is 41.8 Å². The normalized spacial score (nSPS) is 16.0. The summed E-state index contributed by atoms with van der Waals surface area (Å²) >= 11 is 0. The first kappa shape index (κ1) is 19.7. The second kappa shape index (κ2) is 9.15. The standard InChI is InChI=1S/C19H27NO4S/c1-3-13-24-15-17-9-11-20(12-10-17)19(21)14-16-5-7-18(8-6-16)25(22,23)4-2/h3,5-8,17H,1,4,9-15H2,2H3. The minimum Gasteiger partial charge on any atom is -0.377 e. The molecular formula is C19H27NO4S. The molecule has 0 saturated carbocycles. The third kappa shape index (κ3) is 5.68. The Kier molecular flexibility index (Phi) is 7.20. The molecule has 1 fully saturated rings. The van der Waals surface area contributed by atoms with Crippen molar-refractivity contribution in [2.45, 2.75) is 31.1 Å². The number of benzene rings is 1. The lowest BCUT2D eigenvalue weighted by Gasteiger charge is -2.32. The summed E-state index contributed by atoms with van der Waals surface area (Å²) in [5, 5.41) is 0. The molecule has 2 rings (SSSR count). The Bertz CT molecular complexity index is 674. The molecule has 0 aromatic heterocycles. The first-order valence-corrected chi connectivity index (χ1v) is 10.4. The van der Waals surface area contributed by atoms with Crippen LogP contribution < -0.4 is 0 Å². The number of likely N-dealkylation sites (tertiary alicyclic amines) is 1. The van der Waals surface area contributed by atoms with E-state index in [1.807, 2.05) is 4.90 Å². The van der Waals surface area contributed by atoms with E-state index >= 15 is 0 Å². The summed E-state index contributed by atoms with van der Waals surface area (Å²) in [4.78, 5) is 14.6. The van der Waals surface area contributed by atoms with E-state index in [0.717, 1.165) is 38.1 Å². The Balaban J connectivity index is 1.83. The molecule has 1 heterocycles. The van der Waals surface area contributed by atoms with Crippen molar-refractivity contribution in [1.29, 1.82) is 0 Å². The van der Waals surface area contributed by atoms with Gasteiger partial charge in [-0.15, -0.1) is 6.58 Å². The molecule has 1 aromatic carbocycles. The summed E-state index contributed by atoms with van der Waals surface area (Å²) in [6.45, 7) is 8.06. The van der Waals surface area contributed by atoms with Crippen LogP contribution in [-0.4, -0.2) is 51.3 Å². The zero-order valence-corrected chi connectivity index (χ0v) is 15.6.